The van der Waals surface area contributed by atoms with E-state index >= 15 is 0 Å². The number of nitrogens with zero attached hydrogens (tertiary/aromatic N) is 2. The van der Waals surface area contributed by atoms with Crippen LogP contribution in [-0.2, 0) is 16.6 Å². The zero-order chi connectivity index (χ0) is 23.0. The standard InChI is InChI=1S/C22H21ClN4O3S2/c1-13-8-9-16(10-19(13)26-32(3,29)30)24-21(28)20-11-17-14(2)25-27(22(17)31-20)12-15-6-4-5-7-18(15)23/h4-11,26H,12H2,1-3H3,(H,24,28). The van der Waals surface area contributed by atoms with Crippen molar-refractivity contribution >= 4 is 60.5 Å². The van der Waals surface area contributed by atoms with Crippen LogP contribution in [0.25, 0.3) is 10.2 Å². The Morgan fingerprint density at radius 1 is 1.16 bits per heavy atom. The van der Waals surface area contributed by atoms with Gasteiger partial charge < -0.3 is 5.32 Å². The largest absolute Gasteiger partial charge is 0.321 e. The second-order valence-corrected chi connectivity index (χ2v) is 10.7. The number of rotatable bonds is 6. The van der Waals surface area contributed by atoms with Gasteiger partial charge in [-0.25, -0.2) is 8.42 Å². The van der Waals surface area contributed by atoms with Gasteiger partial charge in [-0.3, -0.25) is 14.2 Å². The molecular weight excluding hydrogens is 468 g/mol. The highest BCUT2D eigenvalue weighted by atomic mass is 35.5. The van der Waals surface area contributed by atoms with Crippen LogP contribution < -0.4 is 10.0 Å². The quantitative estimate of drug-likeness (QED) is 0.397. The molecular formula is C22H21ClN4O3S2. The summed E-state index contributed by atoms with van der Waals surface area (Å²) in [5.41, 5.74) is 3.46. The molecule has 2 N–H and O–H groups in total. The predicted molar refractivity (Wildman–Crippen MR) is 130 cm³/mol. The van der Waals surface area contributed by atoms with Crippen molar-refractivity contribution in [1.29, 1.82) is 0 Å². The van der Waals surface area contributed by atoms with Crippen molar-refractivity contribution in [3.05, 3.63) is 75.3 Å². The monoisotopic (exact) mass is 488 g/mol. The van der Waals surface area contributed by atoms with Crippen molar-refractivity contribution < 1.29 is 13.2 Å². The van der Waals surface area contributed by atoms with Crippen molar-refractivity contribution in [2.75, 3.05) is 16.3 Å². The molecule has 0 bridgehead atoms. The van der Waals surface area contributed by atoms with Gasteiger partial charge in [-0.15, -0.1) is 11.3 Å². The summed E-state index contributed by atoms with van der Waals surface area (Å²) in [5, 5.41) is 9.02. The van der Waals surface area contributed by atoms with Crippen LogP contribution in [0.1, 0.15) is 26.5 Å². The fourth-order valence-electron chi connectivity index (χ4n) is 3.32. The number of hydrogen-bond donors (Lipinski definition) is 2. The number of amides is 1. The maximum atomic E-state index is 12.9. The zero-order valence-electron chi connectivity index (χ0n) is 17.6. The predicted octanol–water partition coefficient (Wildman–Crippen LogP) is 5.04. The van der Waals surface area contributed by atoms with Gasteiger partial charge in [-0.05, 0) is 49.2 Å². The van der Waals surface area contributed by atoms with Crippen LogP contribution >= 0.6 is 22.9 Å². The smallest absolute Gasteiger partial charge is 0.265 e. The number of halogens is 1. The van der Waals surface area contributed by atoms with Crippen LogP contribution in [0.5, 0.6) is 0 Å². The lowest BCUT2D eigenvalue weighted by Crippen LogP contribution is -2.13. The number of nitrogens with one attached hydrogen (secondary N) is 2. The number of fused-ring (bicyclic) bond motifs is 1. The van der Waals surface area contributed by atoms with Gasteiger partial charge in [0.1, 0.15) is 4.83 Å². The summed E-state index contributed by atoms with van der Waals surface area (Å²) in [6, 6.07) is 14.5. The van der Waals surface area contributed by atoms with Gasteiger partial charge in [0.25, 0.3) is 5.91 Å². The summed E-state index contributed by atoms with van der Waals surface area (Å²) in [7, 11) is -3.43. The Balaban J connectivity index is 1.60. The molecule has 0 aliphatic heterocycles. The van der Waals surface area contributed by atoms with E-state index in [-0.39, 0.29) is 5.91 Å². The first-order chi connectivity index (χ1) is 15.1. The average Bonchev–Trinajstić information content (AvgIpc) is 3.27. The van der Waals surface area contributed by atoms with Crippen molar-refractivity contribution in [3.63, 3.8) is 0 Å². The molecule has 10 heteroatoms. The van der Waals surface area contributed by atoms with Gasteiger partial charge in [0, 0.05) is 16.1 Å². The van der Waals surface area contributed by atoms with E-state index in [0.29, 0.717) is 27.8 Å². The van der Waals surface area contributed by atoms with Crippen molar-refractivity contribution in [1.82, 2.24) is 9.78 Å². The first kappa shape index (κ1) is 22.3. The molecule has 7 nitrogen and oxygen atoms in total. The molecule has 0 saturated carbocycles. The molecule has 2 heterocycles. The second-order valence-electron chi connectivity index (χ2n) is 7.52. The molecule has 0 radical (unpaired) electrons. The van der Waals surface area contributed by atoms with E-state index in [4.69, 9.17) is 11.6 Å². The molecule has 0 aliphatic rings. The lowest BCUT2D eigenvalue weighted by atomic mass is 10.2. The van der Waals surface area contributed by atoms with Gasteiger partial charge in [-0.2, -0.15) is 5.10 Å². The Labute approximate surface area is 195 Å². The molecule has 32 heavy (non-hydrogen) atoms. The summed E-state index contributed by atoms with van der Waals surface area (Å²) < 4.78 is 27.5. The number of hydrogen-bond acceptors (Lipinski definition) is 5. The Kier molecular flexibility index (Phi) is 5.98. The van der Waals surface area contributed by atoms with Gasteiger partial charge in [0.2, 0.25) is 10.0 Å². The number of benzene rings is 2. The minimum Gasteiger partial charge on any atom is -0.321 e. The van der Waals surface area contributed by atoms with Crippen molar-refractivity contribution in [2.24, 2.45) is 0 Å². The van der Waals surface area contributed by atoms with Crippen molar-refractivity contribution in [2.45, 2.75) is 20.4 Å². The van der Waals surface area contributed by atoms with Gasteiger partial charge in [-0.1, -0.05) is 35.9 Å². The molecule has 0 saturated heterocycles. The molecule has 1 amide bonds. The Morgan fingerprint density at radius 3 is 2.62 bits per heavy atom. The molecule has 0 atom stereocenters. The maximum Gasteiger partial charge on any atom is 0.265 e. The third kappa shape index (κ3) is 4.79. The Morgan fingerprint density at radius 2 is 1.91 bits per heavy atom. The van der Waals surface area contributed by atoms with Crippen LogP contribution in [-0.4, -0.2) is 30.4 Å². The minimum atomic E-state index is -3.43. The van der Waals surface area contributed by atoms with Gasteiger partial charge in [0.15, 0.2) is 0 Å². The fourth-order valence-corrected chi connectivity index (χ4v) is 5.19. The third-order valence-corrected chi connectivity index (χ3v) is 7.01. The molecule has 0 unspecified atom stereocenters. The van der Waals surface area contributed by atoms with Crippen LogP contribution in [0.2, 0.25) is 5.02 Å². The number of anilines is 2. The molecule has 0 spiro atoms. The van der Waals surface area contributed by atoms with E-state index in [1.54, 1.807) is 25.1 Å². The van der Waals surface area contributed by atoms with E-state index in [1.165, 1.54) is 11.3 Å². The van der Waals surface area contributed by atoms with E-state index in [9.17, 15) is 13.2 Å². The minimum absolute atomic E-state index is 0.274. The molecule has 2 aromatic heterocycles. The third-order valence-electron chi connectivity index (χ3n) is 4.90. The summed E-state index contributed by atoms with van der Waals surface area (Å²) in [5.74, 6) is -0.274. The molecule has 4 aromatic rings. The van der Waals surface area contributed by atoms with E-state index < -0.39 is 10.0 Å². The summed E-state index contributed by atoms with van der Waals surface area (Å²) in [4.78, 5) is 14.3. The molecule has 2 aromatic carbocycles. The zero-order valence-corrected chi connectivity index (χ0v) is 20.0. The SMILES string of the molecule is Cc1ccc(NC(=O)c2cc3c(C)nn(Cc4ccccc4Cl)c3s2)cc1NS(C)(=O)=O. The summed E-state index contributed by atoms with van der Waals surface area (Å²) >= 11 is 7.65. The number of aryl methyl sites for hydroxylation is 2. The number of carbonyl (C=O) groups excluding carboxylic acids is 1. The lowest BCUT2D eigenvalue weighted by molar-refractivity contribution is 0.103. The Bertz CT molecular complexity index is 1440. The normalized spacial score (nSPS) is 11.6. The van der Waals surface area contributed by atoms with E-state index in [2.05, 4.69) is 15.1 Å². The molecule has 4 rings (SSSR count). The maximum absolute atomic E-state index is 12.9. The molecule has 0 fully saturated rings. The topological polar surface area (TPSA) is 93.1 Å². The van der Waals surface area contributed by atoms with Crippen LogP contribution in [0.3, 0.4) is 0 Å². The fraction of sp³-hybridized carbons (Fsp3) is 0.182. The average molecular weight is 489 g/mol. The number of carbonyl (C=O) groups is 1. The lowest BCUT2D eigenvalue weighted by Gasteiger charge is -2.10. The Hall–Kier alpha value is -2.88. The number of sulfonamides is 1. The molecule has 166 valence electrons. The van der Waals surface area contributed by atoms with Crippen LogP contribution in [0.4, 0.5) is 11.4 Å². The summed E-state index contributed by atoms with van der Waals surface area (Å²) in [6.07, 6.45) is 1.09. The highest BCUT2D eigenvalue weighted by Crippen LogP contribution is 2.30. The highest BCUT2D eigenvalue weighted by Gasteiger charge is 2.18. The second kappa shape index (κ2) is 8.57. The first-order valence-corrected chi connectivity index (χ1v) is 12.8. The highest BCUT2D eigenvalue weighted by molar-refractivity contribution is 7.92. The number of thiophene rings is 1. The van der Waals surface area contributed by atoms with Crippen molar-refractivity contribution in [3.8, 4) is 0 Å². The van der Waals surface area contributed by atoms with E-state index in [0.717, 1.165) is 33.3 Å². The summed E-state index contributed by atoms with van der Waals surface area (Å²) in [6.45, 7) is 4.20. The number of aromatic nitrogens is 2. The first-order valence-electron chi connectivity index (χ1n) is 9.71. The van der Waals surface area contributed by atoms with Gasteiger partial charge in [0.05, 0.1) is 29.1 Å². The van der Waals surface area contributed by atoms with Crippen LogP contribution in [0.15, 0.2) is 48.5 Å². The molecule has 0 aliphatic carbocycles. The van der Waals surface area contributed by atoms with E-state index in [1.807, 2.05) is 41.9 Å². The van der Waals surface area contributed by atoms with Gasteiger partial charge >= 0.3 is 0 Å². The van der Waals surface area contributed by atoms with Crippen LogP contribution in [0, 0.1) is 13.8 Å².